The Morgan fingerprint density at radius 2 is 1.68 bits per heavy atom. The first-order valence-electron chi connectivity index (χ1n) is 13.6. The van der Waals surface area contributed by atoms with Crippen molar-refractivity contribution < 1.29 is 14.0 Å². The molecule has 1 fully saturated rings. The van der Waals surface area contributed by atoms with Crippen molar-refractivity contribution >= 4 is 41.7 Å². The molecule has 0 spiro atoms. The lowest BCUT2D eigenvalue weighted by molar-refractivity contribution is -0.131. The van der Waals surface area contributed by atoms with Crippen LogP contribution in [0.5, 0.6) is 0 Å². The molecule has 5 rings (SSSR count). The summed E-state index contributed by atoms with van der Waals surface area (Å²) in [6.45, 7) is 5.47. The summed E-state index contributed by atoms with van der Waals surface area (Å²) in [6.07, 6.45) is 0.519. The van der Waals surface area contributed by atoms with E-state index in [1.54, 1.807) is 19.1 Å². The summed E-state index contributed by atoms with van der Waals surface area (Å²) in [4.78, 5) is 34.0. The van der Waals surface area contributed by atoms with E-state index in [4.69, 9.17) is 17.6 Å². The van der Waals surface area contributed by atoms with E-state index in [1.807, 2.05) is 41.3 Å². The Bertz CT molecular complexity index is 1380. The fourth-order valence-corrected chi connectivity index (χ4v) is 5.40. The van der Waals surface area contributed by atoms with Crippen LogP contribution in [0.25, 0.3) is 0 Å². The van der Waals surface area contributed by atoms with Crippen molar-refractivity contribution in [1.82, 2.24) is 9.80 Å². The molecule has 3 aromatic carbocycles. The molecule has 2 heterocycles. The number of hydrogen-bond donors (Lipinski definition) is 3. The van der Waals surface area contributed by atoms with Gasteiger partial charge in [0.25, 0.3) is 0 Å². The first-order chi connectivity index (χ1) is 19.3. The normalized spacial score (nSPS) is 19.1. The molecule has 2 N–H and O–H groups in total. The minimum absolute atomic E-state index is 0.0130. The maximum absolute atomic E-state index is 13.7. The molecule has 7 nitrogen and oxygen atoms in total. The molecule has 9 heteroatoms. The van der Waals surface area contributed by atoms with Gasteiger partial charge in [0.15, 0.2) is 0 Å². The number of fused-ring (bicyclic) bond motifs is 1. The molecule has 1 saturated heterocycles. The Labute approximate surface area is 239 Å². The Morgan fingerprint density at radius 3 is 2.35 bits per heavy atom. The van der Waals surface area contributed by atoms with E-state index < -0.39 is 0 Å². The number of hydrogen-bond acceptors (Lipinski definition) is 6. The SMILES string of the molecule is CCC(=O)Nc1ccc(C(S)CC(=O)N2CCN3C(=NC(c4ccc(F)cc4)C3Nc3ccc(C)cc3)C2)cc1. The van der Waals surface area contributed by atoms with Gasteiger partial charge in [-0.25, -0.2) is 4.39 Å². The molecule has 0 bridgehead atoms. The summed E-state index contributed by atoms with van der Waals surface area (Å²) in [7, 11) is 0. The lowest BCUT2D eigenvalue weighted by Gasteiger charge is -2.39. The highest BCUT2D eigenvalue weighted by Gasteiger charge is 2.40. The van der Waals surface area contributed by atoms with E-state index in [2.05, 4.69) is 34.6 Å². The molecule has 3 unspecified atom stereocenters. The van der Waals surface area contributed by atoms with Crippen LogP contribution < -0.4 is 10.6 Å². The van der Waals surface area contributed by atoms with Gasteiger partial charge in [0.05, 0.1) is 6.54 Å². The van der Waals surface area contributed by atoms with Crippen LogP contribution in [0.2, 0.25) is 0 Å². The van der Waals surface area contributed by atoms with E-state index >= 15 is 0 Å². The van der Waals surface area contributed by atoms with Crippen LogP contribution in [-0.4, -0.2) is 53.2 Å². The number of piperazine rings is 1. The first kappa shape index (κ1) is 27.7. The quantitative estimate of drug-likeness (QED) is 0.315. The number of carbonyl (C=O) groups is 2. The molecule has 0 radical (unpaired) electrons. The minimum Gasteiger partial charge on any atom is -0.363 e. The van der Waals surface area contributed by atoms with Gasteiger partial charge in [-0.3, -0.25) is 14.6 Å². The molecule has 40 heavy (non-hydrogen) atoms. The number of nitrogens with one attached hydrogen (secondary N) is 2. The Kier molecular flexibility index (Phi) is 8.40. The van der Waals surface area contributed by atoms with Crippen molar-refractivity contribution in [2.75, 3.05) is 30.3 Å². The third kappa shape index (κ3) is 6.31. The van der Waals surface area contributed by atoms with E-state index in [0.29, 0.717) is 26.1 Å². The van der Waals surface area contributed by atoms with Gasteiger partial charge < -0.3 is 20.4 Å². The molecule has 3 aromatic rings. The Hall–Kier alpha value is -3.85. The summed E-state index contributed by atoms with van der Waals surface area (Å²) in [5, 5.41) is 6.19. The number of aryl methyl sites for hydroxylation is 1. The van der Waals surface area contributed by atoms with Gasteiger partial charge in [0, 0.05) is 42.6 Å². The second kappa shape index (κ2) is 12.1. The second-order valence-corrected chi connectivity index (χ2v) is 10.9. The summed E-state index contributed by atoms with van der Waals surface area (Å²) in [6, 6.07) is 21.9. The molecule has 2 aliphatic heterocycles. The summed E-state index contributed by atoms with van der Waals surface area (Å²) in [5.41, 5.74) is 4.72. The predicted octanol–water partition coefficient (Wildman–Crippen LogP) is 5.58. The average molecular weight is 560 g/mol. The Morgan fingerprint density at radius 1 is 1.00 bits per heavy atom. The molecule has 3 atom stereocenters. The lowest BCUT2D eigenvalue weighted by atomic mass is 10.0. The van der Waals surface area contributed by atoms with Crippen molar-refractivity contribution in [2.24, 2.45) is 4.99 Å². The van der Waals surface area contributed by atoms with E-state index in [0.717, 1.165) is 28.3 Å². The molecular formula is C31H34FN5O2S. The van der Waals surface area contributed by atoms with Crippen LogP contribution in [0.1, 0.15) is 47.7 Å². The van der Waals surface area contributed by atoms with Crippen LogP contribution >= 0.6 is 12.6 Å². The molecular weight excluding hydrogens is 525 g/mol. The highest BCUT2D eigenvalue weighted by atomic mass is 32.1. The smallest absolute Gasteiger partial charge is 0.224 e. The standard InChI is InChI=1S/C31H34FN5O2S/c1-3-28(38)33-24-14-8-21(9-15-24)26(40)18-29(39)36-16-17-37-27(19-36)35-30(22-6-10-23(32)11-7-22)31(37)34-25-12-4-20(2)5-13-25/h4-15,26,30-31,34,40H,3,16-19H2,1-2H3,(H,33,38). The number of rotatable bonds is 8. The number of thiol groups is 1. The fraction of sp³-hybridized carbons (Fsp3) is 0.323. The molecule has 2 amide bonds. The molecule has 0 aliphatic carbocycles. The zero-order chi connectivity index (χ0) is 28.2. The number of amides is 2. The lowest BCUT2D eigenvalue weighted by Crippen LogP contribution is -2.55. The predicted molar refractivity (Wildman–Crippen MR) is 160 cm³/mol. The molecule has 0 aromatic heterocycles. The number of amidine groups is 1. The van der Waals surface area contributed by atoms with Gasteiger partial charge in [-0.1, -0.05) is 48.9 Å². The molecule has 0 saturated carbocycles. The van der Waals surface area contributed by atoms with Gasteiger partial charge in [-0.2, -0.15) is 12.6 Å². The van der Waals surface area contributed by atoms with Crippen LogP contribution in [0.4, 0.5) is 15.8 Å². The highest BCUT2D eigenvalue weighted by Crippen LogP contribution is 2.34. The van der Waals surface area contributed by atoms with Gasteiger partial charge in [-0.05, 0) is 54.4 Å². The number of anilines is 2. The topological polar surface area (TPSA) is 77.0 Å². The van der Waals surface area contributed by atoms with Crippen LogP contribution in [0.3, 0.4) is 0 Å². The minimum atomic E-state index is -0.284. The highest BCUT2D eigenvalue weighted by molar-refractivity contribution is 7.80. The van der Waals surface area contributed by atoms with Crippen LogP contribution in [0, 0.1) is 12.7 Å². The third-order valence-corrected chi connectivity index (χ3v) is 7.88. The number of nitrogens with zero attached hydrogens (tertiary/aromatic N) is 3. The van der Waals surface area contributed by atoms with E-state index in [9.17, 15) is 14.0 Å². The van der Waals surface area contributed by atoms with Crippen molar-refractivity contribution in [3.63, 3.8) is 0 Å². The summed E-state index contributed by atoms with van der Waals surface area (Å²) in [5.74, 6) is 0.523. The number of carbonyl (C=O) groups excluding carboxylic acids is 2. The second-order valence-electron chi connectivity index (χ2n) is 10.2. The number of benzene rings is 3. The fourth-order valence-electron chi connectivity index (χ4n) is 5.07. The van der Waals surface area contributed by atoms with Crippen molar-refractivity contribution in [1.29, 1.82) is 0 Å². The average Bonchev–Trinajstić information content (AvgIpc) is 3.32. The van der Waals surface area contributed by atoms with E-state index in [1.165, 1.54) is 17.7 Å². The van der Waals surface area contributed by atoms with Crippen molar-refractivity contribution in [3.05, 3.63) is 95.3 Å². The monoisotopic (exact) mass is 559 g/mol. The zero-order valence-electron chi connectivity index (χ0n) is 22.7. The van der Waals surface area contributed by atoms with Crippen LogP contribution in [-0.2, 0) is 9.59 Å². The van der Waals surface area contributed by atoms with Gasteiger partial charge in [0.2, 0.25) is 11.8 Å². The van der Waals surface area contributed by atoms with Crippen molar-refractivity contribution in [2.45, 2.75) is 44.1 Å². The third-order valence-electron chi connectivity index (χ3n) is 7.40. The molecule has 2 aliphatic rings. The Balaban J connectivity index is 1.27. The number of halogens is 1. The molecule has 208 valence electrons. The zero-order valence-corrected chi connectivity index (χ0v) is 23.6. The maximum Gasteiger partial charge on any atom is 0.224 e. The number of aliphatic imine (C=N–C) groups is 1. The van der Waals surface area contributed by atoms with Gasteiger partial charge >= 0.3 is 0 Å². The van der Waals surface area contributed by atoms with Gasteiger partial charge in [-0.15, -0.1) is 0 Å². The van der Waals surface area contributed by atoms with Crippen molar-refractivity contribution in [3.8, 4) is 0 Å². The summed E-state index contributed by atoms with van der Waals surface area (Å²) >= 11 is 4.71. The van der Waals surface area contributed by atoms with Gasteiger partial charge in [0.1, 0.15) is 23.9 Å². The summed E-state index contributed by atoms with van der Waals surface area (Å²) < 4.78 is 13.7. The first-order valence-corrected chi connectivity index (χ1v) is 14.1. The maximum atomic E-state index is 13.7. The largest absolute Gasteiger partial charge is 0.363 e. The van der Waals surface area contributed by atoms with Crippen LogP contribution in [0.15, 0.2) is 77.8 Å². The van der Waals surface area contributed by atoms with E-state index in [-0.39, 0.29) is 41.5 Å².